The van der Waals surface area contributed by atoms with Gasteiger partial charge in [0.15, 0.2) is 0 Å². The van der Waals surface area contributed by atoms with E-state index in [-0.39, 0.29) is 11.9 Å². The van der Waals surface area contributed by atoms with E-state index in [0.29, 0.717) is 43.5 Å². The van der Waals surface area contributed by atoms with Gasteiger partial charge in [-0.15, -0.1) is 0 Å². The number of amides is 3. The Morgan fingerprint density at radius 1 is 1.09 bits per heavy atom. The predicted molar refractivity (Wildman–Crippen MR) is 89.4 cm³/mol. The zero-order valence-electron chi connectivity index (χ0n) is 13.1. The Morgan fingerprint density at radius 3 is 2.39 bits per heavy atom. The van der Waals surface area contributed by atoms with Crippen LogP contribution in [0.4, 0.5) is 4.79 Å². The van der Waals surface area contributed by atoms with Gasteiger partial charge in [-0.25, -0.2) is 4.79 Å². The van der Waals surface area contributed by atoms with E-state index in [2.05, 4.69) is 5.32 Å². The third kappa shape index (κ3) is 4.38. The lowest BCUT2D eigenvalue weighted by molar-refractivity contribution is -0.131. The molecule has 2 aliphatic rings. The van der Waals surface area contributed by atoms with Crippen LogP contribution in [0.1, 0.15) is 18.4 Å². The Hall–Kier alpha value is -1.75. The van der Waals surface area contributed by atoms with E-state index < -0.39 is 0 Å². The number of hydrogen-bond donors (Lipinski definition) is 1. The van der Waals surface area contributed by atoms with E-state index in [1.54, 1.807) is 11.0 Å². The molecule has 1 aliphatic carbocycles. The molecule has 0 aromatic heterocycles. The molecule has 5 nitrogen and oxygen atoms in total. The molecule has 1 saturated carbocycles. The summed E-state index contributed by atoms with van der Waals surface area (Å²) in [6, 6.07) is 7.41. The fourth-order valence-corrected chi connectivity index (χ4v) is 2.94. The maximum atomic E-state index is 12.4. The molecule has 23 heavy (non-hydrogen) atoms. The first-order chi connectivity index (χ1) is 11.1. The summed E-state index contributed by atoms with van der Waals surface area (Å²) >= 11 is 6.11. The zero-order valence-corrected chi connectivity index (χ0v) is 13.9. The Balaban J connectivity index is 1.45. The highest BCUT2D eigenvalue weighted by molar-refractivity contribution is 6.31. The van der Waals surface area contributed by atoms with Crippen molar-refractivity contribution in [2.24, 2.45) is 5.92 Å². The minimum Gasteiger partial charge on any atom is -0.339 e. The van der Waals surface area contributed by atoms with Crippen molar-refractivity contribution in [3.8, 4) is 0 Å². The number of benzene rings is 1. The zero-order chi connectivity index (χ0) is 16.2. The number of nitrogens with one attached hydrogen (secondary N) is 1. The summed E-state index contributed by atoms with van der Waals surface area (Å²) < 4.78 is 0. The van der Waals surface area contributed by atoms with Gasteiger partial charge in [-0.05, 0) is 30.4 Å². The highest BCUT2D eigenvalue weighted by Gasteiger charge is 2.26. The summed E-state index contributed by atoms with van der Waals surface area (Å²) in [5.41, 5.74) is 0.851. The first-order valence-electron chi connectivity index (χ1n) is 8.17. The summed E-state index contributed by atoms with van der Waals surface area (Å²) in [7, 11) is 0. The molecular formula is C17H22ClN3O2. The highest BCUT2D eigenvalue weighted by Crippen LogP contribution is 2.27. The number of carbonyl (C=O) groups is 2. The third-order valence-corrected chi connectivity index (χ3v) is 4.83. The summed E-state index contributed by atoms with van der Waals surface area (Å²) in [5.74, 6) is 0.744. The molecule has 3 amide bonds. The Morgan fingerprint density at radius 2 is 1.74 bits per heavy atom. The fraction of sp³-hybridized carbons (Fsp3) is 0.529. The van der Waals surface area contributed by atoms with Crippen LogP contribution < -0.4 is 5.32 Å². The molecule has 2 fully saturated rings. The molecule has 1 aromatic rings. The molecular weight excluding hydrogens is 314 g/mol. The smallest absolute Gasteiger partial charge is 0.317 e. The van der Waals surface area contributed by atoms with Crippen LogP contribution in [-0.4, -0.2) is 54.5 Å². The average Bonchev–Trinajstić information content (AvgIpc) is 3.39. The minimum atomic E-state index is -0.00453. The van der Waals surface area contributed by atoms with Gasteiger partial charge in [-0.2, -0.15) is 0 Å². The van der Waals surface area contributed by atoms with Gasteiger partial charge in [-0.1, -0.05) is 29.8 Å². The number of hydrogen-bond acceptors (Lipinski definition) is 2. The van der Waals surface area contributed by atoms with Gasteiger partial charge in [-0.3, -0.25) is 4.79 Å². The van der Waals surface area contributed by atoms with E-state index >= 15 is 0 Å². The second-order valence-corrected chi connectivity index (χ2v) is 6.67. The van der Waals surface area contributed by atoms with Crippen molar-refractivity contribution in [3.05, 3.63) is 34.9 Å². The predicted octanol–water partition coefficient (Wildman–Crippen LogP) is 2.15. The normalized spacial score (nSPS) is 18.0. The van der Waals surface area contributed by atoms with Gasteiger partial charge in [0.05, 0.1) is 6.42 Å². The fourth-order valence-electron chi connectivity index (χ4n) is 2.74. The molecule has 0 radical (unpaired) electrons. The van der Waals surface area contributed by atoms with Crippen molar-refractivity contribution in [1.29, 1.82) is 0 Å². The van der Waals surface area contributed by atoms with Gasteiger partial charge in [0, 0.05) is 37.7 Å². The van der Waals surface area contributed by atoms with E-state index in [1.165, 1.54) is 12.8 Å². The maximum absolute atomic E-state index is 12.4. The van der Waals surface area contributed by atoms with Crippen LogP contribution in [0.25, 0.3) is 0 Å². The molecule has 1 saturated heterocycles. The van der Waals surface area contributed by atoms with Gasteiger partial charge < -0.3 is 15.1 Å². The molecule has 3 rings (SSSR count). The molecule has 1 N–H and O–H groups in total. The van der Waals surface area contributed by atoms with Crippen molar-refractivity contribution >= 4 is 23.5 Å². The first-order valence-corrected chi connectivity index (χ1v) is 8.55. The molecule has 0 spiro atoms. The Labute approximate surface area is 141 Å². The van der Waals surface area contributed by atoms with Crippen molar-refractivity contribution in [1.82, 2.24) is 15.1 Å². The van der Waals surface area contributed by atoms with Crippen LogP contribution in [0.3, 0.4) is 0 Å². The summed E-state index contributed by atoms with van der Waals surface area (Å²) in [6.45, 7) is 3.13. The minimum absolute atomic E-state index is 0.00453. The summed E-state index contributed by atoms with van der Waals surface area (Å²) in [4.78, 5) is 28.0. The van der Waals surface area contributed by atoms with Crippen LogP contribution in [0.2, 0.25) is 5.02 Å². The molecule has 124 valence electrons. The van der Waals surface area contributed by atoms with Gasteiger partial charge in [0.2, 0.25) is 5.91 Å². The standard InChI is InChI=1S/C17H22ClN3O2/c18-15-4-2-1-3-14(15)11-16(22)20-7-9-21(10-8-20)17(23)19-12-13-5-6-13/h1-4,13H,5-12H2,(H,19,23). The molecule has 1 heterocycles. The molecule has 0 bridgehead atoms. The lowest BCUT2D eigenvalue weighted by Gasteiger charge is -2.34. The van der Waals surface area contributed by atoms with Gasteiger partial charge in [0.1, 0.15) is 0 Å². The largest absolute Gasteiger partial charge is 0.339 e. The number of nitrogens with zero attached hydrogens (tertiary/aromatic N) is 2. The number of urea groups is 1. The molecule has 1 aromatic carbocycles. The first kappa shape index (κ1) is 16.1. The Kier molecular flexibility index (Phi) is 5.06. The molecule has 0 atom stereocenters. The second kappa shape index (κ2) is 7.21. The number of rotatable bonds is 4. The average molecular weight is 336 g/mol. The van der Waals surface area contributed by atoms with E-state index in [9.17, 15) is 9.59 Å². The van der Waals surface area contributed by atoms with E-state index in [4.69, 9.17) is 11.6 Å². The van der Waals surface area contributed by atoms with Gasteiger partial charge in [0.25, 0.3) is 0 Å². The van der Waals surface area contributed by atoms with Crippen LogP contribution in [0.5, 0.6) is 0 Å². The highest BCUT2D eigenvalue weighted by atomic mass is 35.5. The lowest BCUT2D eigenvalue weighted by Crippen LogP contribution is -2.53. The summed E-state index contributed by atoms with van der Waals surface area (Å²) in [6.07, 6.45) is 2.77. The van der Waals surface area contributed by atoms with Crippen molar-refractivity contribution < 1.29 is 9.59 Å². The number of carbonyl (C=O) groups excluding carboxylic acids is 2. The van der Waals surface area contributed by atoms with E-state index in [0.717, 1.165) is 12.1 Å². The topological polar surface area (TPSA) is 52.7 Å². The van der Waals surface area contributed by atoms with Crippen molar-refractivity contribution in [2.45, 2.75) is 19.3 Å². The third-order valence-electron chi connectivity index (χ3n) is 4.46. The number of piperazine rings is 1. The summed E-state index contributed by atoms with van der Waals surface area (Å²) in [5, 5.41) is 3.60. The van der Waals surface area contributed by atoms with Crippen molar-refractivity contribution in [2.75, 3.05) is 32.7 Å². The maximum Gasteiger partial charge on any atom is 0.317 e. The molecule has 6 heteroatoms. The Bertz CT molecular complexity index is 581. The van der Waals surface area contributed by atoms with Crippen molar-refractivity contribution in [3.63, 3.8) is 0 Å². The second-order valence-electron chi connectivity index (χ2n) is 6.27. The monoisotopic (exact) mass is 335 g/mol. The van der Waals surface area contributed by atoms with Crippen LogP contribution in [0.15, 0.2) is 24.3 Å². The quantitative estimate of drug-likeness (QED) is 0.916. The van der Waals surface area contributed by atoms with Crippen LogP contribution >= 0.6 is 11.6 Å². The van der Waals surface area contributed by atoms with Crippen LogP contribution in [0, 0.1) is 5.92 Å². The molecule has 1 aliphatic heterocycles. The lowest BCUT2D eigenvalue weighted by atomic mass is 10.1. The van der Waals surface area contributed by atoms with E-state index in [1.807, 2.05) is 23.1 Å². The van der Waals surface area contributed by atoms with Gasteiger partial charge >= 0.3 is 6.03 Å². The number of halogens is 1. The van der Waals surface area contributed by atoms with Crippen LogP contribution in [-0.2, 0) is 11.2 Å². The SMILES string of the molecule is O=C(Cc1ccccc1Cl)N1CCN(C(=O)NCC2CC2)CC1. The molecule has 0 unspecified atom stereocenters.